The second-order valence-electron chi connectivity index (χ2n) is 5.36. The number of rotatable bonds is 2. The van der Waals surface area contributed by atoms with Crippen molar-refractivity contribution in [2.24, 2.45) is 5.92 Å². The molecule has 0 spiro atoms. The van der Waals surface area contributed by atoms with Gasteiger partial charge < -0.3 is 5.73 Å². The molecule has 0 saturated heterocycles. The van der Waals surface area contributed by atoms with Crippen LogP contribution in [0.2, 0.25) is 0 Å². The van der Waals surface area contributed by atoms with E-state index in [0.29, 0.717) is 11.7 Å². The third kappa shape index (κ3) is 2.59. The molecular weight excluding hydrogens is 210 g/mol. The normalized spacial score (nSPS) is 24.9. The Morgan fingerprint density at radius 3 is 2.71 bits per heavy atom. The quantitative estimate of drug-likeness (QED) is 0.853. The lowest BCUT2D eigenvalue weighted by molar-refractivity contribution is 0.335. The van der Waals surface area contributed by atoms with Crippen molar-refractivity contribution in [3.8, 4) is 0 Å². The van der Waals surface area contributed by atoms with Crippen LogP contribution < -0.4 is 5.73 Å². The van der Waals surface area contributed by atoms with Crippen molar-refractivity contribution in [3.05, 3.63) is 17.1 Å². The first-order valence-corrected chi connectivity index (χ1v) is 6.74. The summed E-state index contributed by atoms with van der Waals surface area (Å²) in [5.41, 5.74) is 8.16. The van der Waals surface area contributed by atoms with Crippen LogP contribution >= 0.6 is 0 Å². The van der Waals surface area contributed by atoms with Gasteiger partial charge in [0.25, 0.3) is 0 Å². The summed E-state index contributed by atoms with van der Waals surface area (Å²) < 4.78 is 0. The van der Waals surface area contributed by atoms with E-state index in [0.717, 1.165) is 29.4 Å². The van der Waals surface area contributed by atoms with Gasteiger partial charge in [0.15, 0.2) is 0 Å². The number of nitrogens with two attached hydrogens (primary N) is 1. The second-order valence-corrected chi connectivity index (χ2v) is 5.36. The Balaban J connectivity index is 2.29. The average Bonchev–Trinajstić information content (AvgIpc) is 2.32. The molecule has 3 nitrogen and oxygen atoms in total. The molecule has 0 bridgehead atoms. The zero-order chi connectivity index (χ0) is 12.4. The highest BCUT2D eigenvalue weighted by atomic mass is 15.0. The van der Waals surface area contributed by atoms with Gasteiger partial charge in [0.1, 0.15) is 11.6 Å². The molecule has 2 unspecified atom stereocenters. The van der Waals surface area contributed by atoms with Crippen molar-refractivity contribution in [1.29, 1.82) is 0 Å². The average molecular weight is 233 g/mol. The third-order valence-electron chi connectivity index (χ3n) is 3.94. The number of nitrogen functional groups attached to an aromatic ring is 1. The van der Waals surface area contributed by atoms with E-state index >= 15 is 0 Å². The van der Waals surface area contributed by atoms with Gasteiger partial charge >= 0.3 is 0 Å². The first-order valence-electron chi connectivity index (χ1n) is 6.74. The minimum Gasteiger partial charge on any atom is -0.383 e. The molecule has 94 valence electrons. The fraction of sp³-hybridized carbons (Fsp3) is 0.714. The summed E-state index contributed by atoms with van der Waals surface area (Å²) in [6, 6.07) is 0. The van der Waals surface area contributed by atoms with E-state index in [1.807, 2.05) is 6.92 Å². The Hall–Kier alpha value is -1.12. The molecular formula is C14H23N3. The molecule has 1 saturated carbocycles. The number of nitrogens with zero attached hydrogens (tertiary/aromatic N) is 2. The molecule has 1 aliphatic carbocycles. The van der Waals surface area contributed by atoms with Crippen LogP contribution in [0.3, 0.4) is 0 Å². The van der Waals surface area contributed by atoms with Gasteiger partial charge in [-0.2, -0.15) is 0 Å². The smallest absolute Gasteiger partial charge is 0.134 e. The molecule has 1 aromatic rings. The van der Waals surface area contributed by atoms with Crippen molar-refractivity contribution >= 4 is 5.82 Å². The lowest BCUT2D eigenvalue weighted by Crippen LogP contribution is -2.16. The summed E-state index contributed by atoms with van der Waals surface area (Å²) in [5.74, 6) is 2.97. The molecule has 2 N–H and O–H groups in total. The highest BCUT2D eigenvalue weighted by Gasteiger charge is 2.23. The minimum absolute atomic E-state index is 0.520. The number of hydrogen-bond acceptors (Lipinski definition) is 3. The summed E-state index contributed by atoms with van der Waals surface area (Å²) in [6.07, 6.45) is 6.01. The fourth-order valence-corrected chi connectivity index (χ4v) is 2.80. The number of aryl methyl sites for hydroxylation is 1. The molecule has 1 aromatic heterocycles. The summed E-state index contributed by atoms with van der Waals surface area (Å²) in [5, 5.41) is 0. The molecule has 1 fully saturated rings. The predicted molar refractivity (Wildman–Crippen MR) is 70.9 cm³/mol. The van der Waals surface area contributed by atoms with Crippen LogP contribution in [-0.4, -0.2) is 9.97 Å². The summed E-state index contributed by atoms with van der Waals surface area (Å²) in [6.45, 7) is 6.47. The van der Waals surface area contributed by atoms with Gasteiger partial charge in [-0.1, -0.05) is 26.7 Å². The van der Waals surface area contributed by atoms with Crippen LogP contribution in [0.25, 0.3) is 0 Å². The molecule has 3 heteroatoms. The molecule has 1 heterocycles. The van der Waals surface area contributed by atoms with Crippen molar-refractivity contribution in [3.63, 3.8) is 0 Å². The van der Waals surface area contributed by atoms with Gasteiger partial charge in [-0.05, 0) is 32.1 Å². The molecule has 0 aliphatic heterocycles. The standard InChI is InChI=1S/C14H23N3/c1-4-12-10(3)13(15)17-14(16-12)11-7-5-6-9(2)8-11/h9,11H,4-8H2,1-3H3,(H2,15,16,17). The Bertz CT molecular complexity index is 401. The van der Waals surface area contributed by atoms with Crippen LogP contribution in [0.1, 0.15) is 62.5 Å². The van der Waals surface area contributed by atoms with Gasteiger partial charge in [-0.3, -0.25) is 0 Å². The Morgan fingerprint density at radius 1 is 1.29 bits per heavy atom. The Labute approximate surface area is 104 Å². The maximum Gasteiger partial charge on any atom is 0.134 e. The van der Waals surface area contributed by atoms with Gasteiger partial charge in [0.05, 0.1) is 0 Å². The monoisotopic (exact) mass is 233 g/mol. The van der Waals surface area contributed by atoms with E-state index in [4.69, 9.17) is 10.7 Å². The van der Waals surface area contributed by atoms with Crippen LogP contribution in [-0.2, 0) is 6.42 Å². The first-order chi connectivity index (χ1) is 8.11. The second kappa shape index (κ2) is 5.03. The highest BCUT2D eigenvalue weighted by molar-refractivity contribution is 5.41. The van der Waals surface area contributed by atoms with Crippen molar-refractivity contribution in [2.75, 3.05) is 5.73 Å². The van der Waals surface area contributed by atoms with E-state index in [2.05, 4.69) is 18.8 Å². The van der Waals surface area contributed by atoms with E-state index in [-0.39, 0.29) is 0 Å². The highest BCUT2D eigenvalue weighted by Crippen LogP contribution is 2.35. The van der Waals surface area contributed by atoms with Crippen molar-refractivity contribution in [1.82, 2.24) is 9.97 Å². The maximum absolute atomic E-state index is 5.99. The predicted octanol–water partition coefficient (Wildman–Crippen LogP) is 3.22. The first kappa shape index (κ1) is 12.3. The summed E-state index contributed by atoms with van der Waals surface area (Å²) in [4.78, 5) is 9.22. The van der Waals surface area contributed by atoms with Gasteiger partial charge in [-0.15, -0.1) is 0 Å². The Morgan fingerprint density at radius 2 is 2.06 bits per heavy atom. The molecule has 1 aliphatic rings. The fourth-order valence-electron chi connectivity index (χ4n) is 2.80. The zero-order valence-electron chi connectivity index (χ0n) is 11.2. The molecule has 2 atom stereocenters. The lowest BCUT2D eigenvalue weighted by atomic mass is 9.82. The number of aromatic nitrogens is 2. The van der Waals surface area contributed by atoms with Gasteiger partial charge in [0, 0.05) is 17.2 Å². The zero-order valence-corrected chi connectivity index (χ0v) is 11.2. The molecule has 0 amide bonds. The maximum atomic E-state index is 5.99. The SMILES string of the molecule is CCc1nc(C2CCCC(C)C2)nc(N)c1C. The van der Waals surface area contributed by atoms with Crippen LogP contribution in [0.15, 0.2) is 0 Å². The van der Waals surface area contributed by atoms with Gasteiger partial charge in [0.2, 0.25) is 0 Å². The van der Waals surface area contributed by atoms with Crippen molar-refractivity contribution < 1.29 is 0 Å². The summed E-state index contributed by atoms with van der Waals surface area (Å²) >= 11 is 0. The summed E-state index contributed by atoms with van der Waals surface area (Å²) in [7, 11) is 0. The largest absolute Gasteiger partial charge is 0.383 e. The minimum atomic E-state index is 0.520. The molecule has 17 heavy (non-hydrogen) atoms. The van der Waals surface area contributed by atoms with E-state index in [1.165, 1.54) is 25.7 Å². The number of hydrogen-bond donors (Lipinski definition) is 1. The van der Waals surface area contributed by atoms with Crippen LogP contribution in [0.4, 0.5) is 5.82 Å². The van der Waals surface area contributed by atoms with E-state index in [1.54, 1.807) is 0 Å². The third-order valence-corrected chi connectivity index (χ3v) is 3.94. The van der Waals surface area contributed by atoms with Gasteiger partial charge in [-0.25, -0.2) is 9.97 Å². The number of anilines is 1. The van der Waals surface area contributed by atoms with Crippen molar-refractivity contribution in [2.45, 2.75) is 58.8 Å². The van der Waals surface area contributed by atoms with Crippen LogP contribution in [0, 0.1) is 12.8 Å². The lowest BCUT2D eigenvalue weighted by Gasteiger charge is -2.26. The Kier molecular flexibility index (Phi) is 3.65. The van der Waals surface area contributed by atoms with Crippen LogP contribution in [0.5, 0.6) is 0 Å². The molecule has 0 aromatic carbocycles. The van der Waals surface area contributed by atoms with E-state index in [9.17, 15) is 0 Å². The van der Waals surface area contributed by atoms with E-state index < -0.39 is 0 Å². The molecule has 0 radical (unpaired) electrons. The topological polar surface area (TPSA) is 51.8 Å². The molecule has 2 rings (SSSR count).